The number of furan rings is 1. The molecule has 8 heteroatoms. The number of Topliss-reactive ketones (excluding diaryl/α,β-unsaturated/α-hetero) is 1. The van der Waals surface area contributed by atoms with Gasteiger partial charge in [-0.2, -0.15) is 0 Å². The number of carbonyl (C=O) groups is 2. The zero-order valence-electron chi connectivity index (χ0n) is 16.6. The summed E-state index contributed by atoms with van der Waals surface area (Å²) in [5.41, 5.74) is 0.778. The maximum atomic E-state index is 13.0. The zero-order chi connectivity index (χ0) is 22.0. The van der Waals surface area contributed by atoms with Gasteiger partial charge in [0.1, 0.15) is 17.3 Å². The molecule has 7 nitrogen and oxygen atoms in total. The van der Waals surface area contributed by atoms with Gasteiger partial charge in [0.25, 0.3) is 11.7 Å². The van der Waals surface area contributed by atoms with Crippen molar-refractivity contribution < 1.29 is 23.8 Å². The van der Waals surface area contributed by atoms with Crippen molar-refractivity contribution in [3.8, 4) is 5.75 Å². The van der Waals surface area contributed by atoms with Gasteiger partial charge in [-0.3, -0.25) is 14.6 Å². The predicted octanol–water partition coefficient (Wildman–Crippen LogP) is 4.35. The van der Waals surface area contributed by atoms with Crippen LogP contribution in [0.5, 0.6) is 5.75 Å². The summed E-state index contributed by atoms with van der Waals surface area (Å²) in [5.74, 6) is -0.912. The Hall–Kier alpha value is -3.58. The molecule has 2 aromatic heterocycles. The minimum atomic E-state index is -0.833. The number of likely N-dealkylation sites (tertiary alicyclic amines) is 1. The van der Waals surface area contributed by atoms with Crippen LogP contribution in [0.2, 0.25) is 5.02 Å². The number of nitrogens with zero attached hydrogens (tertiary/aromatic N) is 2. The zero-order valence-corrected chi connectivity index (χ0v) is 17.4. The van der Waals surface area contributed by atoms with E-state index in [9.17, 15) is 14.7 Å². The molecular formula is C23H19ClN2O5. The van der Waals surface area contributed by atoms with Crippen molar-refractivity contribution in [3.63, 3.8) is 0 Å². The van der Waals surface area contributed by atoms with E-state index in [2.05, 4.69) is 4.98 Å². The quantitative estimate of drug-likeness (QED) is 0.349. The van der Waals surface area contributed by atoms with Crippen LogP contribution in [0, 0.1) is 0 Å². The monoisotopic (exact) mass is 438 g/mol. The molecule has 1 fully saturated rings. The van der Waals surface area contributed by atoms with Crippen LogP contribution in [-0.4, -0.2) is 33.3 Å². The fraction of sp³-hybridized carbons (Fsp3) is 0.174. The van der Waals surface area contributed by atoms with Crippen LogP contribution in [0.1, 0.15) is 29.9 Å². The van der Waals surface area contributed by atoms with Gasteiger partial charge in [0, 0.05) is 18.0 Å². The summed E-state index contributed by atoms with van der Waals surface area (Å²) in [6, 6.07) is 10.7. The maximum Gasteiger partial charge on any atom is 0.296 e. The maximum absolute atomic E-state index is 13.0. The van der Waals surface area contributed by atoms with Crippen LogP contribution in [0.25, 0.3) is 5.76 Å². The molecule has 1 unspecified atom stereocenters. The lowest BCUT2D eigenvalue weighted by molar-refractivity contribution is -0.140. The molecular weight excluding hydrogens is 420 g/mol. The topological polar surface area (TPSA) is 92.9 Å². The normalized spacial score (nSPS) is 17.9. The molecule has 3 heterocycles. The van der Waals surface area contributed by atoms with Gasteiger partial charge in [0.15, 0.2) is 0 Å². The number of pyridine rings is 1. The van der Waals surface area contributed by atoms with Gasteiger partial charge in [0.2, 0.25) is 0 Å². The van der Waals surface area contributed by atoms with Gasteiger partial charge in [-0.25, -0.2) is 0 Å². The van der Waals surface area contributed by atoms with E-state index in [0.717, 1.165) is 0 Å². The number of aliphatic hydroxyl groups is 1. The van der Waals surface area contributed by atoms with Crippen molar-refractivity contribution in [2.24, 2.45) is 0 Å². The molecule has 0 aliphatic carbocycles. The summed E-state index contributed by atoms with van der Waals surface area (Å²) in [6.07, 6.45) is 4.61. The molecule has 1 amide bonds. The van der Waals surface area contributed by atoms with E-state index in [1.807, 2.05) is 6.92 Å². The van der Waals surface area contributed by atoms with Crippen LogP contribution in [0.4, 0.5) is 0 Å². The number of hydrogen-bond acceptors (Lipinski definition) is 6. The minimum absolute atomic E-state index is 0.0571. The SMILES string of the molecule is CCOc1ccc(Cl)c(/C(O)=C2\C(=O)C(=O)N(Cc3ccco3)C2c2ccncc2)c1. The Morgan fingerprint density at radius 1 is 1.23 bits per heavy atom. The van der Waals surface area contributed by atoms with Crippen LogP contribution in [-0.2, 0) is 16.1 Å². The molecule has 1 N–H and O–H groups in total. The standard InChI is InChI=1S/C23H19ClN2O5/c1-2-30-15-5-6-18(24)17(12-15)21(27)19-20(14-7-9-25-10-8-14)26(23(29)22(19)28)13-16-4-3-11-31-16/h3-12,20,27H,2,13H2,1H3/b21-19+. The molecule has 1 aromatic carbocycles. The molecule has 1 atom stereocenters. The van der Waals surface area contributed by atoms with Crippen LogP contribution in [0.15, 0.2) is 71.1 Å². The second-order valence-electron chi connectivity index (χ2n) is 6.86. The highest BCUT2D eigenvalue weighted by Gasteiger charge is 2.46. The number of benzene rings is 1. The average Bonchev–Trinajstić information content (AvgIpc) is 3.38. The van der Waals surface area contributed by atoms with Crippen LogP contribution >= 0.6 is 11.6 Å². The van der Waals surface area contributed by atoms with E-state index >= 15 is 0 Å². The predicted molar refractivity (Wildman–Crippen MR) is 113 cm³/mol. The van der Waals surface area contributed by atoms with Gasteiger partial charge in [-0.15, -0.1) is 0 Å². The summed E-state index contributed by atoms with van der Waals surface area (Å²) in [4.78, 5) is 31.3. The molecule has 31 heavy (non-hydrogen) atoms. The van der Waals surface area contributed by atoms with Crippen molar-refractivity contribution in [2.75, 3.05) is 6.61 Å². The third kappa shape index (κ3) is 3.92. The average molecular weight is 439 g/mol. The van der Waals surface area contributed by atoms with E-state index in [1.165, 1.54) is 11.2 Å². The molecule has 1 aliphatic rings. The number of carbonyl (C=O) groups excluding carboxylic acids is 2. The molecule has 4 rings (SSSR count). The first-order chi connectivity index (χ1) is 15.0. The lowest BCUT2D eigenvalue weighted by atomic mass is 9.96. The molecule has 0 bridgehead atoms. The highest BCUT2D eigenvalue weighted by molar-refractivity contribution is 6.46. The molecule has 0 saturated carbocycles. The van der Waals surface area contributed by atoms with Gasteiger partial charge >= 0.3 is 0 Å². The van der Waals surface area contributed by atoms with Crippen molar-refractivity contribution in [1.82, 2.24) is 9.88 Å². The van der Waals surface area contributed by atoms with E-state index < -0.39 is 17.7 Å². The molecule has 158 valence electrons. The highest BCUT2D eigenvalue weighted by Crippen LogP contribution is 2.41. The third-order valence-corrected chi connectivity index (χ3v) is 5.30. The number of ketones is 1. The van der Waals surface area contributed by atoms with Gasteiger partial charge in [-0.1, -0.05) is 11.6 Å². The smallest absolute Gasteiger partial charge is 0.296 e. The van der Waals surface area contributed by atoms with E-state index in [4.69, 9.17) is 20.8 Å². The Kier molecular flexibility index (Phi) is 5.77. The summed E-state index contributed by atoms with van der Waals surface area (Å²) in [6.45, 7) is 2.32. The molecule has 0 radical (unpaired) electrons. The Bertz CT molecular complexity index is 1140. The van der Waals surface area contributed by atoms with E-state index in [-0.39, 0.29) is 28.5 Å². The Labute approximate surface area is 183 Å². The summed E-state index contributed by atoms with van der Waals surface area (Å²) >= 11 is 6.31. The van der Waals surface area contributed by atoms with Crippen LogP contribution in [0.3, 0.4) is 0 Å². The Morgan fingerprint density at radius 3 is 2.68 bits per heavy atom. The first-order valence-corrected chi connectivity index (χ1v) is 10.0. The molecule has 1 aliphatic heterocycles. The second-order valence-corrected chi connectivity index (χ2v) is 7.27. The lowest BCUT2D eigenvalue weighted by Gasteiger charge is -2.24. The number of aliphatic hydroxyl groups excluding tert-OH is 1. The first kappa shape index (κ1) is 20.7. The van der Waals surface area contributed by atoms with Gasteiger partial charge in [-0.05, 0) is 55.0 Å². The number of amides is 1. The van der Waals surface area contributed by atoms with Crippen LogP contribution < -0.4 is 4.74 Å². The largest absolute Gasteiger partial charge is 0.507 e. The summed E-state index contributed by atoms with van der Waals surface area (Å²) in [5, 5.41) is 11.4. The fourth-order valence-electron chi connectivity index (χ4n) is 3.59. The lowest BCUT2D eigenvalue weighted by Crippen LogP contribution is -2.29. The Morgan fingerprint density at radius 2 is 2.00 bits per heavy atom. The number of halogens is 1. The molecule has 0 spiro atoms. The molecule has 3 aromatic rings. The van der Waals surface area contributed by atoms with Gasteiger partial charge < -0.3 is 19.2 Å². The number of ether oxygens (including phenoxy) is 1. The number of hydrogen-bond donors (Lipinski definition) is 1. The van der Waals surface area contributed by atoms with E-state index in [0.29, 0.717) is 23.7 Å². The number of aromatic nitrogens is 1. The van der Waals surface area contributed by atoms with Crippen molar-refractivity contribution in [1.29, 1.82) is 0 Å². The summed E-state index contributed by atoms with van der Waals surface area (Å²) in [7, 11) is 0. The Balaban J connectivity index is 1.87. The third-order valence-electron chi connectivity index (χ3n) is 4.97. The first-order valence-electron chi connectivity index (χ1n) is 9.64. The van der Waals surface area contributed by atoms with Crippen molar-refractivity contribution in [3.05, 3.63) is 88.6 Å². The minimum Gasteiger partial charge on any atom is -0.507 e. The van der Waals surface area contributed by atoms with E-state index in [1.54, 1.807) is 54.9 Å². The summed E-state index contributed by atoms with van der Waals surface area (Å²) < 4.78 is 10.9. The second kappa shape index (κ2) is 8.65. The fourth-order valence-corrected chi connectivity index (χ4v) is 3.80. The van der Waals surface area contributed by atoms with Crippen molar-refractivity contribution >= 4 is 29.1 Å². The molecule has 1 saturated heterocycles. The highest BCUT2D eigenvalue weighted by atomic mass is 35.5. The number of rotatable bonds is 6. The van der Waals surface area contributed by atoms with Gasteiger partial charge in [0.05, 0.1) is 36.1 Å². The van der Waals surface area contributed by atoms with Crippen molar-refractivity contribution in [2.45, 2.75) is 19.5 Å².